The molecule has 78 valence electrons. The Bertz CT molecular complexity index is 304. The Labute approximate surface area is 84.1 Å². The molecule has 1 rings (SSSR count). The van der Waals surface area contributed by atoms with E-state index in [2.05, 4.69) is 12.0 Å². The molecule has 1 aromatic heterocycles. The smallest absolute Gasteiger partial charge is 0.167 e. The number of carbonyl (C=O) groups is 1. The van der Waals surface area contributed by atoms with E-state index in [0.717, 1.165) is 13.0 Å². The zero-order valence-electron chi connectivity index (χ0n) is 8.73. The predicted molar refractivity (Wildman–Crippen MR) is 55.1 cm³/mol. The van der Waals surface area contributed by atoms with E-state index in [0.29, 0.717) is 12.0 Å². The number of aryl methyl sites for hydroxylation is 1. The van der Waals surface area contributed by atoms with Gasteiger partial charge in [0.05, 0.1) is 11.8 Å². The van der Waals surface area contributed by atoms with E-state index in [1.54, 1.807) is 17.1 Å². The van der Waals surface area contributed by atoms with E-state index in [4.69, 9.17) is 5.73 Å². The summed E-state index contributed by atoms with van der Waals surface area (Å²) in [5, 5.41) is 4.09. The third-order valence-electron chi connectivity index (χ3n) is 1.92. The van der Waals surface area contributed by atoms with Crippen LogP contribution in [0.15, 0.2) is 12.4 Å². The molecule has 2 N–H and O–H groups in total. The van der Waals surface area contributed by atoms with Crippen molar-refractivity contribution in [3.63, 3.8) is 0 Å². The van der Waals surface area contributed by atoms with Gasteiger partial charge in [0.1, 0.15) is 0 Å². The molecule has 0 aliphatic heterocycles. The molecule has 0 spiro atoms. The molecule has 0 saturated carbocycles. The molecule has 1 aromatic rings. The Morgan fingerprint density at radius 3 is 3.00 bits per heavy atom. The van der Waals surface area contributed by atoms with Crippen LogP contribution in [0.5, 0.6) is 0 Å². The summed E-state index contributed by atoms with van der Waals surface area (Å²) in [5.74, 6) is 0.0716. The van der Waals surface area contributed by atoms with Crippen LogP contribution in [0.2, 0.25) is 0 Å². The SMILES string of the molecule is CCCn1cc(C(=O)CC(C)N)cn1. The van der Waals surface area contributed by atoms with Gasteiger partial charge in [-0.1, -0.05) is 6.92 Å². The number of hydrogen-bond acceptors (Lipinski definition) is 3. The van der Waals surface area contributed by atoms with Gasteiger partial charge >= 0.3 is 0 Å². The molecule has 0 aliphatic rings. The molecule has 0 bridgehead atoms. The number of ketones is 1. The molecule has 0 aliphatic carbocycles. The van der Waals surface area contributed by atoms with Gasteiger partial charge in [0.2, 0.25) is 0 Å². The van der Waals surface area contributed by atoms with Crippen molar-refractivity contribution in [2.45, 2.75) is 39.3 Å². The largest absolute Gasteiger partial charge is 0.328 e. The Hall–Kier alpha value is -1.16. The molecule has 0 radical (unpaired) electrons. The zero-order chi connectivity index (χ0) is 10.6. The fourth-order valence-electron chi connectivity index (χ4n) is 1.27. The first-order valence-corrected chi connectivity index (χ1v) is 4.94. The Morgan fingerprint density at radius 1 is 1.71 bits per heavy atom. The van der Waals surface area contributed by atoms with Gasteiger partial charge in [-0.15, -0.1) is 0 Å². The minimum atomic E-state index is -0.0861. The summed E-state index contributed by atoms with van der Waals surface area (Å²) in [7, 11) is 0. The molecule has 4 heteroatoms. The number of nitrogens with two attached hydrogens (primary N) is 1. The average molecular weight is 195 g/mol. The third-order valence-corrected chi connectivity index (χ3v) is 1.92. The molecule has 0 fully saturated rings. The van der Waals surface area contributed by atoms with E-state index in [9.17, 15) is 4.79 Å². The van der Waals surface area contributed by atoms with Crippen molar-refractivity contribution in [2.24, 2.45) is 5.73 Å². The second kappa shape index (κ2) is 4.91. The van der Waals surface area contributed by atoms with Gasteiger partial charge in [-0.3, -0.25) is 9.48 Å². The van der Waals surface area contributed by atoms with Crippen molar-refractivity contribution >= 4 is 5.78 Å². The summed E-state index contributed by atoms with van der Waals surface area (Å²) < 4.78 is 1.79. The van der Waals surface area contributed by atoms with Crippen molar-refractivity contribution in [3.8, 4) is 0 Å². The highest BCUT2D eigenvalue weighted by molar-refractivity contribution is 5.95. The van der Waals surface area contributed by atoms with Crippen molar-refractivity contribution in [1.29, 1.82) is 0 Å². The normalized spacial score (nSPS) is 12.8. The van der Waals surface area contributed by atoms with Crippen molar-refractivity contribution < 1.29 is 4.79 Å². The number of carbonyl (C=O) groups excluding carboxylic acids is 1. The van der Waals surface area contributed by atoms with Crippen LogP contribution in [0, 0.1) is 0 Å². The molecule has 1 unspecified atom stereocenters. The van der Waals surface area contributed by atoms with Crippen LogP contribution < -0.4 is 5.73 Å². The van der Waals surface area contributed by atoms with Crippen LogP contribution in [0.1, 0.15) is 37.0 Å². The molecular formula is C10H17N3O. The van der Waals surface area contributed by atoms with Gasteiger partial charge in [-0.2, -0.15) is 5.10 Å². The van der Waals surface area contributed by atoms with Crippen molar-refractivity contribution in [1.82, 2.24) is 9.78 Å². The number of nitrogens with zero attached hydrogens (tertiary/aromatic N) is 2. The van der Waals surface area contributed by atoms with Crippen LogP contribution in [-0.2, 0) is 6.54 Å². The van der Waals surface area contributed by atoms with E-state index in [-0.39, 0.29) is 11.8 Å². The molecule has 0 amide bonds. The highest BCUT2D eigenvalue weighted by Gasteiger charge is 2.10. The molecule has 4 nitrogen and oxygen atoms in total. The maximum Gasteiger partial charge on any atom is 0.167 e. The van der Waals surface area contributed by atoms with E-state index >= 15 is 0 Å². The lowest BCUT2D eigenvalue weighted by Gasteiger charge is -2.00. The Balaban J connectivity index is 2.62. The highest BCUT2D eigenvalue weighted by Crippen LogP contribution is 2.04. The first kappa shape index (κ1) is 10.9. The summed E-state index contributed by atoms with van der Waals surface area (Å²) in [6.07, 6.45) is 4.80. The minimum absolute atomic E-state index is 0.0716. The summed E-state index contributed by atoms with van der Waals surface area (Å²) in [6, 6.07) is -0.0861. The molecule has 1 atom stereocenters. The molecule has 0 saturated heterocycles. The molecule has 0 aromatic carbocycles. The summed E-state index contributed by atoms with van der Waals surface area (Å²) in [6.45, 7) is 4.75. The number of hydrogen-bond donors (Lipinski definition) is 1. The first-order chi connectivity index (χ1) is 6.63. The predicted octanol–water partition coefficient (Wildman–Crippen LogP) is 1.21. The number of aromatic nitrogens is 2. The number of Topliss-reactive ketones (excluding diaryl/α,β-unsaturated/α-hetero) is 1. The summed E-state index contributed by atoms with van der Waals surface area (Å²) in [4.78, 5) is 11.5. The maximum absolute atomic E-state index is 11.5. The summed E-state index contributed by atoms with van der Waals surface area (Å²) >= 11 is 0. The fourth-order valence-corrected chi connectivity index (χ4v) is 1.27. The topological polar surface area (TPSA) is 60.9 Å². The van der Waals surface area contributed by atoms with Gasteiger partial charge in [0.25, 0.3) is 0 Å². The first-order valence-electron chi connectivity index (χ1n) is 4.94. The van der Waals surface area contributed by atoms with E-state index in [1.165, 1.54) is 0 Å². The van der Waals surface area contributed by atoms with E-state index < -0.39 is 0 Å². The van der Waals surface area contributed by atoms with Gasteiger partial charge in [-0.05, 0) is 13.3 Å². The van der Waals surface area contributed by atoms with Crippen molar-refractivity contribution in [2.75, 3.05) is 0 Å². The quantitative estimate of drug-likeness (QED) is 0.718. The van der Waals surface area contributed by atoms with Crippen LogP contribution in [0.3, 0.4) is 0 Å². The number of rotatable bonds is 5. The van der Waals surface area contributed by atoms with Crippen LogP contribution >= 0.6 is 0 Å². The monoisotopic (exact) mass is 195 g/mol. The highest BCUT2D eigenvalue weighted by atomic mass is 16.1. The molecular weight excluding hydrogens is 178 g/mol. The zero-order valence-corrected chi connectivity index (χ0v) is 8.73. The lowest BCUT2D eigenvalue weighted by Crippen LogP contribution is -2.19. The Morgan fingerprint density at radius 2 is 2.43 bits per heavy atom. The molecule has 1 heterocycles. The maximum atomic E-state index is 11.5. The average Bonchev–Trinajstić information content (AvgIpc) is 2.52. The van der Waals surface area contributed by atoms with Gasteiger partial charge in [-0.25, -0.2) is 0 Å². The van der Waals surface area contributed by atoms with Gasteiger partial charge < -0.3 is 5.73 Å². The standard InChI is InChI=1S/C10H17N3O/c1-3-4-13-7-9(6-12-13)10(14)5-8(2)11/h6-8H,3-5,11H2,1-2H3. The summed E-state index contributed by atoms with van der Waals surface area (Å²) in [5.41, 5.74) is 6.21. The third kappa shape index (κ3) is 2.96. The van der Waals surface area contributed by atoms with E-state index in [1.807, 2.05) is 6.92 Å². The lowest BCUT2D eigenvalue weighted by molar-refractivity contribution is 0.0976. The minimum Gasteiger partial charge on any atom is -0.328 e. The Kier molecular flexibility index (Phi) is 3.83. The second-order valence-electron chi connectivity index (χ2n) is 3.60. The van der Waals surface area contributed by atoms with Crippen LogP contribution in [0.4, 0.5) is 0 Å². The van der Waals surface area contributed by atoms with Gasteiger partial charge in [0.15, 0.2) is 5.78 Å². The van der Waals surface area contributed by atoms with Gasteiger partial charge in [0, 0.05) is 25.2 Å². The lowest BCUT2D eigenvalue weighted by atomic mass is 10.1. The van der Waals surface area contributed by atoms with Crippen LogP contribution in [-0.4, -0.2) is 21.6 Å². The second-order valence-corrected chi connectivity index (χ2v) is 3.60. The fraction of sp³-hybridized carbons (Fsp3) is 0.600. The van der Waals surface area contributed by atoms with Crippen molar-refractivity contribution in [3.05, 3.63) is 18.0 Å². The molecule has 14 heavy (non-hydrogen) atoms. The van der Waals surface area contributed by atoms with Crippen LogP contribution in [0.25, 0.3) is 0 Å².